The van der Waals surface area contributed by atoms with Gasteiger partial charge in [0.25, 0.3) is 10.0 Å². The Labute approximate surface area is 138 Å². The molecule has 0 saturated heterocycles. The van der Waals surface area contributed by atoms with E-state index < -0.39 is 10.0 Å². The van der Waals surface area contributed by atoms with Crippen molar-refractivity contribution in [3.8, 4) is 0 Å². The van der Waals surface area contributed by atoms with Gasteiger partial charge in [0.15, 0.2) is 0 Å². The summed E-state index contributed by atoms with van der Waals surface area (Å²) in [7, 11) is -0.116. The predicted molar refractivity (Wildman–Crippen MR) is 98.5 cm³/mol. The first-order valence-corrected chi connectivity index (χ1v) is 9.68. The molecule has 0 aliphatic rings. The molecule has 2 aromatic rings. The molecular formula is C17H25NO2Si2. The number of hydrogen-bond acceptors (Lipinski definition) is 3. The van der Waals surface area contributed by atoms with Gasteiger partial charge >= 0.3 is 0 Å². The summed E-state index contributed by atoms with van der Waals surface area (Å²) in [5.74, 6) is 0. The molecule has 2 N–H and O–H groups in total. The van der Waals surface area contributed by atoms with E-state index in [0.717, 1.165) is 29.0 Å². The third-order valence-corrected chi connectivity index (χ3v) is 5.31. The Balaban J connectivity index is 2.49. The zero-order chi connectivity index (χ0) is 15.8. The van der Waals surface area contributed by atoms with Crippen molar-refractivity contribution in [2.24, 2.45) is 0 Å². The Morgan fingerprint density at radius 2 is 1.82 bits per heavy atom. The zero-order valence-electron chi connectivity index (χ0n) is 13.4. The van der Waals surface area contributed by atoms with Crippen LogP contribution in [-0.4, -0.2) is 27.1 Å². The second-order valence-electron chi connectivity index (χ2n) is 5.58. The molecule has 0 aliphatic carbocycles. The predicted octanol–water partition coefficient (Wildman–Crippen LogP) is 1.67. The summed E-state index contributed by atoms with van der Waals surface area (Å²) in [5, 5.41) is 0. The lowest BCUT2D eigenvalue weighted by atomic mass is 9.72. The van der Waals surface area contributed by atoms with E-state index in [1.807, 2.05) is 12.1 Å². The topological polar surface area (TPSA) is 44.5 Å². The number of nitrogens with two attached hydrogens (primary N) is 1. The molecule has 0 bridgehead atoms. The summed E-state index contributed by atoms with van der Waals surface area (Å²) >= 11 is 0. The second-order valence-corrected chi connectivity index (χ2v) is 8.53. The number of anilines is 1. The van der Waals surface area contributed by atoms with E-state index in [2.05, 4.69) is 49.4 Å². The van der Waals surface area contributed by atoms with Crippen molar-refractivity contribution in [1.29, 1.82) is 0 Å². The first kappa shape index (κ1) is 17.0. The number of rotatable bonds is 8. The normalized spacial score (nSPS) is 14.4. The minimum Gasteiger partial charge on any atom is -0.449 e. The standard InChI is InChI=1S/C17H25NO2Si2/c1-2-11-17(13-19-22-20-21,14-7-4-3-5-8-14)15-9-6-10-16(18)12-15/h3-10,12H,2,11,13,18,22H2,1,21H3. The summed E-state index contributed by atoms with van der Waals surface area (Å²) in [4.78, 5) is 0. The Kier molecular flexibility index (Phi) is 6.39. The lowest BCUT2D eigenvalue weighted by Crippen LogP contribution is -2.34. The molecule has 0 amide bonds. The Morgan fingerprint density at radius 3 is 2.45 bits per heavy atom. The van der Waals surface area contributed by atoms with Gasteiger partial charge in [-0.15, -0.1) is 0 Å². The highest BCUT2D eigenvalue weighted by atomic mass is 28.3. The largest absolute Gasteiger partial charge is 0.449 e. The number of benzene rings is 2. The molecule has 0 aliphatic heterocycles. The monoisotopic (exact) mass is 331 g/mol. The summed E-state index contributed by atoms with van der Waals surface area (Å²) < 4.78 is 11.3. The molecule has 1 atom stereocenters. The minimum atomic E-state index is -0.864. The molecule has 0 radical (unpaired) electrons. The molecular weight excluding hydrogens is 306 g/mol. The summed E-state index contributed by atoms with van der Waals surface area (Å²) in [6.45, 7) is 2.87. The highest BCUT2D eigenvalue weighted by Gasteiger charge is 2.33. The third-order valence-electron chi connectivity index (χ3n) is 3.99. The molecule has 22 heavy (non-hydrogen) atoms. The molecule has 5 heteroatoms. The number of hydrogen-bond donors (Lipinski definition) is 1. The number of nitrogen functional groups attached to an aromatic ring is 1. The molecule has 118 valence electrons. The Hall–Kier alpha value is -1.41. The average Bonchev–Trinajstić information content (AvgIpc) is 2.55. The van der Waals surface area contributed by atoms with E-state index in [-0.39, 0.29) is 5.41 Å². The van der Waals surface area contributed by atoms with E-state index in [9.17, 15) is 0 Å². The van der Waals surface area contributed by atoms with Crippen molar-refractivity contribution >= 4 is 26.2 Å². The van der Waals surface area contributed by atoms with Crippen LogP contribution in [0.5, 0.6) is 0 Å². The third kappa shape index (κ3) is 3.86. The van der Waals surface area contributed by atoms with Crippen molar-refractivity contribution < 1.29 is 8.54 Å². The SMILES string of the molecule is CCCC(CO[SiH2]O[SiH3])(c1ccccc1)c1cccc(N)c1. The van der Waals surface area contributed by atoms with Gasteiger partial charge < -0.3 is 14.3 Å². The van der Waals surface area contributed by atoms with Crippen molar-refractivity contribution in [2.75, 3.05) is 12.3 Å². The minimum absolute atomic E-state index is 0.154. The lowest BCUT2D eigenvalue weighted by Gasteiger charge is -2.35. The van der Waals surface area contributed by atoms with Crippen molar-refractivity contribution in [3.63, 3.8) is 0 Å². The van der Waals surface area contributed by atoms with Gasteiger partial charge in [-0.1, -0.05) is 55.8 Å². The quantitative estimate of drug-likeness (QED) is 0.455. The fraction of sp³-hybridized carbons (Fsp3) is 0.294. The van der Waals surface area contributed by atoms with Crippen LogP contribution in [0, 0.1) is 0 Å². The first-order chi connectivity index (χ1) is 10.7. The van der Waals surface area contributed by atoms with Crippen LogP contribution in [-0.2, 0) is 14.0 Å². The van der Waals surface area contributed by atoms with Crippen molar-refractivity contribution in [1.82, 2.24) is 0 Å². The van der Waals surface area contributed by atoms with Gasteiger partial charge in [0, 0.05) is 17.7 Å². The molecule has 1 unspecified atom stereocenters. The highest BCUT2D eigenvalue weighted by Crippen LogP contribution is 2.37. The summed E-state index contributed by atoms with van der Waals surface area (Å²) in [6.07, 6.45) is 2.10. The molecule has 0 fully saturated rings. The molecule has 3 nitrogen and oxygen atoms in total. The maximum Gasteiger partial charge on any atom is 0.293 e. The lowest BCUT2D eigenvalue weighted by molar-refractivity contribution is 0.219. The van der Waals surface area contributed by atoms with E-state index in [1.54, 1.807) is 0 Å². The van der Waals surface area contributed by atoms with E-state index in [1.165, 1.54) is 11.1 Å². The Bertz CT molecular complexity index is 580. The summed E-state index contributed by atoms with van der Waals surface area (Å²) in [6, 6.07) is 18.8. The fourth-order valence-corrected chi connectivity index (χ4v) is 4.11. The first-order valence-electron chi connectivity index (χ1n) is 7.71. The fourth-order valence-electron chi connectivity index (χ4n) is 3.01. The van der Waals surface area contributed by atoms with E-state index in [0.29, 0.717) is 6.61 Å². The van der Waals surface area contributed by atoms with Gasteiger partial charge in [-0.05, 0) is 29.7 Å². The Morgan fingerprint density at radius 1 is 1.09 bits per heavy atom. The molecule has 0 saturated carbocycles. The second kappa shape index (κ2) is 8.29. The van der Waals surface area contributed by atoms with Gasteiger partial charge in [-0.2, -0.15) is 0 Å². The van der Waals surface area contributed by atoms with Crippen LogP contribution in [0.3, 0.4) is 0 Å². The van der Waals surface area contributed by atoms with E-state index in [4.69, 9.17) is 14.3 Å². The molecule has 2 aromatic carbocycles. The zero-order valence-corrected chi connectivity index (χ0v) is 16.8. The summed E-state index contributed by atoms with van der Waals surface area (Å²) in [5.41, 5.74) is 9.18. The van der Waals surface area contributed by atoms with Gasteiger partial charge in [0.1, 0.15) is 10.5 Å². The van der Waals surface area contributed by atoms with Gasteiger partial charge in [0.05, 0.1) is 0 Å². The van der Waals surface area contributed by atoms with Crippen LogP contribution in [0.4, 0.5) is 5.69 Å². The van der Waals surface area contributed by atoms with E-state index >= 15 is 0 Å². The molecule has 0 heterocycles. The van der Waals surface area contributed by atoms with Crippen LogP contribution in [0.15, 0.2) is 54.6 Å². The van der Waals surface area contributed by atoms with Crippen LogP contribution in [0.1, 0.15) is 30.9 Å². The van der Waals surface area contributed by atoms with Crippen LogP contribution < -0.4 is 5.73 Å². The van der Waals surface area contributed by atoms with Crippen molar-refractivity contribution in [3.05, 3.63) is 65.7 Å². The van der Waals surface area contributed by atoms with Crippen molar-refractivity contribution in [2.45, 2.75) is 25.2 Å². The highest BCUT2D eigenvalue weighted by molar-refractivity contribution is 6.27. The maximum atomic E-state index is 6.03. The molecule has 0 aromatic heterocycles. The molecule has 0 spiro atoms. The van der Waals surface area contributed by atoms with Crippen LogP contribution in [0.25, 0.3) is 0 Å². The van der Waals surface area contributed by atoms with Gasteiger partial charge in [-0.25, -0.2) is 0 Å². The van der Waals surface area contributed by atoms with Crippen LogP contribution in [0.2, 0.25) is 0 Å². The van der Waals surface area contributed by atoms with Crippen LogP contribution >= 0.6 is 0 Å². The smallest absolute Gasteiger partial charge is 0.293 e. The maximum absolute atomic E-state index is 6.03. The average molecular weight is 332 g/mol. The molecule has 2 rings (SSSR count). The van der Waals surface area contributed by atoms with Gasteiger partial charge in [-0.3, -0.25) is 0 Å². The van der Waals surface area contributed by atoms with Gasteiger partial charge in [0.2, 0.25) is 0 Å².